The molecule has 2 aromatic heterocycles. The van der Waals surface area contributed by atoms with Gasteiger partial charge in [0.05, 0.1) is 28.8 Å². The standard InChI is InChI=1S/C22H20F3N5O2/c1-2-19(31)29-10-4-7-16(13-29)30-18-12-26-9-8-17(18)27-21(30)28-20(32)14-5-3-6-15(11-14)22(23,24)25/h2-3,5-6,8-9,11-12,16H,1,4,7,10,13H2,(H,27,28,32). The lowest BCUT2D eigenvalue weighted by atomic mass is 10.1. The molecule has 0 aliphatic carbocycles. The van der Waals surface area contributed by atoms with Gasteiger partial charge in [0, 0.05) is 24.8 Å². The van der Waals surface area contributed by atoms with Crippen LogP contribution < -0.4 is 5.32 Å². The number of carbonyl (C=O) groups excluding carboxylic acids is 2. The first kappa shape index (κ1) is 21.5. The lowest BCUT2D eigenvalue weighted by Gasteiger charge is -2.33. The van der Waals surface area contributed by atoms with E-state index in [0.29, 0.717) is 24.1 Å². The number of piperidine rings is 1. The van der Waals surface area contributed by atoms with E-state index in [9.17, 15) is 22.8 Å². The monoisotopic (exact) mass is 443 g/mol. The molecule has 10 heteroatoms. The number of aromatic nitrogens is 3. The molecule has 0 saturated carbocycles. The smallest absolute Gasteiger partial charge is 0.337 e. The van der Waals surface area contributed by atoms with Crippen molar-refractivity contribution in [2.75, 3.05) is 18.4 Å². The van der Waals surface area contributed by atoms with Crippen molar-refractivity contribution in [2.24, 2.45) is 0 Å². The van der Waals surface area contributed by atoms with Crippen LogP contribution in [0, 0.1) is 0 Å². The summed E-state index contributed by atoms with van der Waals surface area (Å²) in [7, 11) is 0. The first-order chi connectivity index (χ1) is 15.3. The predicted molar refractivity (Wildman–Crippen MR) is 112 cm³/mol. The second-order valence-electron chi connectivity index (χ2n) is 7.49. The summed E-state index contributed by atoms with van der Waals surface area (Å²) in [6.45, 7) is 4.51. The van der Waals surface area contributed by atoms with Crippen LogP contribution in [-0.2, 0) is 11.0 Å². The third kappa shape index (κ3) is 4.20. The van der Waals surface area contributed by atoms with Crippen LogP contribution >= 0.6 is 0 Å². The average Bonchev–Trinajstić information content (AvgIpc) is 3.15. The molecule has 0 bridgehead atoms. The van der Waals surface area contributed by atoms with Gasteiger partial charge in [0.1, 0.15) is 0 Å². The fourth-order valence-corrected chi connectivity index (χ4v) is 3.90. The van der Waals surface area contributed by atoms with Crippen LogP contribution in [0.2, 0.25) is 0 Å². The van der Waals surface area contributed by atoms with Gasteiger partial charge >= 0.3 is 6.18 Å². The number of anilines is 1. The molecule has 1 aliphatic rings. The second kappa shape index (κ2) is 8.45. The van der Waals surface area contributed by atoms with E-state index in [0.717, 1.165) is 25.0 Å². The summed E-state index contributed by atoms with van der Waals surface area (Å²) < 4.78 is 40.9. The molecular weight excluding hydrogens is 423 g/mol. The number of alkyl halides is 3. The van der Waals surface area contributed by atoms with Gasteiger partial charge in [0.2, 0.25) is 11.9 Å². The lowest BCUT2D eigenvalue weighted by Crippen LogP contribution is -2.40. The lowest BCUT2D eigenvalue weighted by molar-refractivity contribution is -0.137. The molecule has 1 aromatic carbocycles. The molecule has 4 rings (SSSR count). The van der Waals surface area contributed by atoms with Crippen LogP contribution in [0.5, 0.6) is 0 Å². The van der Waals surface area contributed by atoms with Crippen LogP contribution in [0.4, 0.5) is 19.1 Å². The molecule has 3 aromatic rings. The molecular formula is C22H20F3N5O2. The first-order valence-electron chi connectivity index (χ1n) is 10.00. The molecule has 1 unspecified atom stereocenters. The van der Waals surface area contributed by atoms with Gasteiger partial charge in [0.15, 0.2) is 0 Å². The van der Waals surface area contributed by atoms with Gasteiger partial charge in [0.25, 0.3) is 5.91 Å². The Balaban J connectivity index is 1.69. The quantitative estimate of drug-likeness (QED) is 0.617. The highest BCUT2D eigenvalue weighted by Gasteiger charge is 2.31. The zero-order valence-electron chi connectivity index (χ0n) is 17.0. The number of likely N-dealkylation sites (tertiary alicyclic amines) is 1. The number of nitrogens with one attached hydrogen (secondary N) is 1. The van der Waals surface area contributed by atoms with Gasteiger partial charge in [-0.25, -0.2) is 4.98 Å². The molecule has 1 aliphatic heterocycles. The molecule has 1 atom stereocenters. The molecule has 1 N–H and O–H groups in total. The van der Waals surface area contributed by atoms with E-state index in [-0.39, 0.29) is 23.5 Å². The van der Waals surface area contributed by atoms with Crippen molar-refractivity contribution < 1.29 is 22.8 Å². The number of amides is 2. The van der Waals surface area contributed by atoms with E-state index in [1.165, 1.54) is 18.2 Å². The summed E-state index contributed by atoms with van der Waals surface area (Å²) in [6.07, 6.45) is 1.34. The van der Waals surface area contributed by atoms with Gasteiger partial charge < -0.3 is 9.47 Å². The maximum atomic E-state index is 13.0. The molecule has 1 saturated heterocycles. The Morgan fingerprint density at radius 1 is 1.25 bits per heavy atom. The summed E-state index contributed by atoms with van der Waals surface area (Å²) in [5, 5.41) is 2.64. The number of halogens is 3. The van der Waals surface area contributed by atoms with E-state index in [4.69, 9.17) is 0 Å². The Kier molecular flexibility index (Phi) is 5.68. The van der Waals surface area contributed by atoms with Gasteiger partial charge in [-0.15, -0.1) is 0 Å². The third-order valence-corrected chi connectivity index (χ3v) is 5.42. The highest BCUT2D eigenvalue weighted by molar-refractivity contribution is 6.04. The fraction of sp³-hybridized carbons (Fsp3) is 0.273. The number of nitrogens with zero attached hydrogens (tertiary/aromatic N) is 4. The topological polar surface area (TPSA) is 80.1 Å². The zero-order chi connectivity index (χ0) is 22.9. The zero-order valence-corrected chi connectivity index (χ0v) is 17.0. The molecule has 0 spiro atoms. The maximum absolute atomic E-state index is 13.0. The van der Waals surface area contributed by atoms with E-state index in [2.05, 4.69) is 21.9 Å². The van der Waals surface area contributed by atoms with Gasteiger partial charge in [-0.05, 0) is 43.2 Å². The molecule has 2 amide bonds. The Morgan fingerprint density at radius 3 is 2.81 bits per heavy atom. The number of hydrogen-bond donors (Lipinski definition) is 1. The number of benzene rings is 1. The Morgan fingerprint density at radius 2 is 2.06 bits per heavy atom. The molecule has 7 nitrogen and oxygen atoms in total. The van der Waals surface area contributed by atoms with Crippen molar-refractivity contribution in [3.05, 3.63) is 66.5 Å². The summed E-state index contributed by atoms with van der Waals surface area (Å²) in [6, 6.07) is 5.69. The summed E-state index contributed by atoms with van der Waals surface area (Å²) in [4.78, 5) is 35.2. The van der Waals surface area contributed by atoms with Gasteiger partial charge in [-0.3, -0.25) is 19.9 Å². The third-order valence-electron chi connectivity index (χ3n) is 5.42. The van der Waals surface area contributed by atoms with Crippen molar-refractivity contribution in [1.82, 2.24) is 19.4 Å². The predicted octanol–water partition coefficient (Wildman–Crippen LogP) is 4.05. The van der Waals surface area contributed by atoms with E-state index >= 15 is 0 Å². The van der Waals surface area contributed by atoms with Crippen molar-refractivity contribution in [1.29, 1.82) is 0 Å². The van der Waals surface area contributed by atoms with Gasteiger partial charge in [-0.1, -0.05) is 12.6 Å². The largest absolute Gasteiger partial charge is 0.416 e. The normalized spacial score (nSPS) is 16.7. The fourth-order valence-electron chi connectivity index (χ4n) is 3.90. The summed E-state index contributed by atoms with van der Waals surface area (Å²) in [5.74, 6) is -0.712. The molecule has 3 heterocycles. The minimum Gasteiger partial charge on any atom is -0.337 e. The molecule has 166 valence electrons. The minimum absolute atomic E-state index is 0.135. The van der Waals surface area contributed by atoms with Crippen LogP contribution in [0.25, 0.3) is 11.0 Å². The van der Waals surface area contributed by atoms with Crippen LogP contribution in [-0.4, -0.2) is 44.3 Å². The van der Waals surface area contributed by atoms with Crippen LogP contribution in [0.1, 0.15) is 34.8 Å². The van der Waals surface area contributed by atoms with Crippen molar-refractivity contribution in [3.8, 4) is 0 Å². The van der Waals surface area contributed by atoms with Crippen LogP contribution in [0.15, 0.2) is 55.4 Å². The first-order valence-corrected chi connectivity index (χ1v) is 10.00. The number of fused-ring (bicyclic) bond motifs is 1. The van der Waals surface area contributed by atoms with Crippen molar-refractivity contribution in [2.45, 2.75) is 25.1 Å². The van der Waals surface area contributed by atoms with E-state index < -0.39 is 17.6 Å². The SMILES string of the molecule is C=CC(=O)N1CCCC(n2c(NC(=O)c3cccc(C(F)(F)F)c3)nc3ccncc32)C1. The number of carbonyl (C=O) groups is 2. The Bertz CT molecular complexity index is 1190. The highest BCUT2D eigenvalue weighted by atomic mass is 19.4. The number of imidazole rings is 1. The molecule has 32 heavy (non-hydrogen) atoms. The number of hydrogen-bond acceptors (Lipinski definition) is 4. The summed E-state index contributed by atoms with van der Waals surface area (Å²) in [5.41, 5.74) is 0.189. The molecule has 1 fully saturated rings. The van der Waals surface area contributed by atoms with Crippen molar-refractivity contribution >= 4 is 28.8 Å². The Hall–Kier alpha value is -3.69. The second-order valence-corrected chi connectivity index (χ2v) is 7.49. The number of rotatable bonds is 4. The van der Waals surface area contributed by atoms with E-state index in [1.807, 2.05) is 0 Å². The van der Waals surface area contributed by atoms with E-state index in [1.54, 1.807) is 27.9 Å². The highest BCUT2D eigenvalue weighted by Crippen LogP contribution is 2.32. The maximum Gasteiger partial charge on any atom is 0.416 e. The molecule has 0 radical (unpaired) electrons. The minimum atomic E-state index is -4.56. The average molecular weight is 443 g/mol. The Labute approximate surface area is 181 Å². The van der Waals surface area contributed by atoms with Gasteiger partial charge in [-0.2, -0.15) is 13.2 Å². The van der Waals surface area contributed by atoms with Crippen LogP contribution in [0.3, 0.4) is 0 Å². The van der Waals surface area contributed by atoms with Crippen molar-refractivity contribution in [3.63, 3.8) is 0 Å². The number of pyridine rings is 1. The summed E-state index contributed by atoms with van der Waals surface area (Å²) >= 11 is 0.